The molecule has 0 saturated carbocycles. The van der Waals surface area contributed by atoms with Gasteiger partial charge in [0.15, 0.2) is 0 Å². The molecule has 0 unspecified atom stereocenters. The van der Waals surface area contributed by atoms with Crippen LogP contribution in [0.25, 0.3) is 0 Å². The number of piperazine rings is 1. The van der Waals surface area contributed by atoms with Gasteiger partial charge in [-0.15, -0.1) is 0 Å². The first-order valence-electron chi connectivity index (χ1n) is 8.41. The smallest absolute Gasteiger partial charge is 0.253 e. The second-order valence-electron chi connectivity index (χ2n) is 6.48. The molecule has 0 aromatic heterocycles. The number of nitrogens with zero attached hydrogens (tertiary/aromatic N) is 2. The molecule has 1 aliphatic heterocycles. The minimum absolute atomic E-state index is 0.0742. The van der Waals surface area contributed by atoms with Gasteiger partial charge in [-0.2, -0.15) is 4.31 Å². The van der Waals surface area contributed by atoms with Crippen LogP contribution in [0.4, 0.5) is 0 Å². The van der Waals surface area contributed by atoms with Crippen LogP contribution in [0.1, 0.15) is 21.5 Å². The van der Waals surface area contributed by atoms with Gasteiger partial charge in [0.25, 0.3) is 5.91 Å². The maximum absolute atomic E-state index is 12.9. The van der Waals surface area contributed by atoms with Gasteiger partial charge in [0, 0.05) is 36.2 Å². The number of benzene rings is 2. The van der Waals surface area contributed by atoms with Gasteiger partial charge >= 0.3 is 0 Å². The normalized spacial score (nSPS) is 15.9. The molecule has 26 heavy (non-hydrogen) atoms. The van der Waals surface area contributed by atoms with Crippen molar-refractivity contribution < 1.29 is 13.2 Å². The van der Waals surface area contributed by atoms with Crippen molar-refractivity contribution in [2.24, 2.45) is 0 Å². The predicted octanol–water partition coefficient (Wildman–Crippen LogP) is 3.21. The van der Waals surface area contributed by atoms with Crippen LogP contribution in [-0.2, 0) is 10.0 Å². The molecule has 1 aliphatic rings. The Morgan fingerprint density at radius 2 is 1.69 bits per heavy atom. The number of sulfonamides is 1. The van der Waals surface area contributed by atoms with Gasteiger partial charge in [-0.1, -0.05) is 39.7 Å². The third-order valence-corrected chi connectivity index (χ3v) is 7.10. The zero-order valence-electron chi connectivity index (χ0n) is 14.8. The molecule has 2 aromatic carbocycles. The lowest BCUT2D eigenvalue weighted by atomic mass is 10.2. The summed E-state index contributed by atoms with van der Waals surface area (Å²) < 4.78 is 28.2. The Balaban J connectivity index is 1.72. The number of amides is 1. The fourth-order valence-corrected chi connectivity index (χ4v) is 5.19. The summed E-state index contributed by atoms with van der Waals surface area (Å²) in [6, 6.07) is 12.6. The van der Waals surface area contributed by atoms with Crippen molar-refractivity contribution in [2.75, 3.05) is 26.2 Å². The molecule has 3 rings (SSSR count). The van der Waals surface area contributed by atoms with Crippen molar-refractivity contribution in [3.8, 4) is 0 Å². The molecule has 1 saturated heterocycles. The maximum atomic E-state index is 12.9. The minimum Gasteiger partial charge on any atom is -0.336 e. The Labute approximate surface area is 162 Å². The van der Waals surface area contributed by atoms with Gasteiger partial charge in [-0.05, 0) is 43.7 Å². The van der Waals surface area contributed by atoms with Crippen LogP contribution in [0.15, 0.2) is 51.8 Å². The molecular formula is C19H21BrN2O3S. The van der Waals surface area contributed by atoms with E-state index in [1.165, 1.54) is 4.31 Å². The van der Waals surface area contributed by atoms with Gasteiger partial charge in [-0.25, -0.2) is 8.42 Å². The summed E-state index contributed by atoms with van der Waals surface area (Å²) in [6.45, 7) is 5.12. The van der Waals surface area contributed by atoms with Crippen molar-refractivity contribution in [1.82, 2.24) is 9.21 Å². The monoisotopic (exact) mass is 436 g/mol. The van der Waals surface area contributed by atoms with E-state index in [0.29, 0.717) is 36.6 Å². The highest BCUT2D eigenvalue weighted by Gasteiger charge is 2.31. The molecule has 0 atom stereocenters. The molecule has 0 bridgehead atoms. The third kappa shape index (κ3) is 3.84. The van der Waals surface area contributed by atoms with Crippen LogP contribution in [0.3, 0.4) is 0 Å². The van der Waals surface area contributed by atoms with E-state index < -0.39 is 10.0 Å². The van der Waals surface area contributed by atoms with Gasteiger partial charge < -0.3 is 4.90 Å². The van der Waals surface area contributed by atoms with E-state index in [0.717, 1.165) is 15.6 Å². The number of rotatable bonds is 3. The Hall–Kier alpha value is -1.70. The third-order valence-electron chi connectivity index (χ3n) is 4.55. The zero-order chi connectivity index (χ0) is 18.9. The molecule has 0 aliphatic carbocycles. The van der Waals surface area contributed by atoms with Crippen LogP contribution in [0.5, 0.6) is 0 Å². The average molecular weight is 437 g/mol. The van der Waals surface area contributed by atoms with E-state index in [9.17, 15) is 13.2 Å². The van der Waals surface area contributed by atoms with Crippen LogP contribution in [-0.4, -0.2) is 49.7 Å². The van der Waals surface area contributed by atoms with Crippen molar-refractivity contribution in [2.45, 2.75) is 18.7 Å². The summed E-state index contributed by atoms with van der Waals surface area (Å²) >= 11 is 3.37. The SMILES string of the molecule is Cc1ccc(S(=O)(=O)N2CCN(C(=O)c3cccc(Br)c3)CC2)c(C)c1. The number of carbonyl (C=O) groups is 1. The molecule has 0 radical (unpaired) electrons. The Morgan fingerprint density at radius 1 is 1.00 bits per heavy atom. The molecule has 2 aromatic rings. The number of hydrogen-bond donors (Lipinski definition) is 0. The van der Waals surface area contributed by atoms with Crippen LogP contribution >= 0.6 is 15.9 Å². The lowest BCUT2D eigenvalue weighted by Gasteiger charge is -2.34. The summed E-state index contributed by atoms with van der Waals surface area (Å²) in [5, 5.41) is 0. The van der Waals surface area contributed by atoms with Crippen molar-refractivity contribution >= 4 is 31.9 Å². The number of hydrogen-bond acceptors (Lipinski definition) is 3. The van der Waals surface area contributed by atoms with Crippen molar-refractivity contribution in [3.63, 3.8) is 0 Å². The zero-order valence-corrected chi connectivity index (χ0v) is 17.2. The Kier molecular flexibility index (Phi) is 5.50. The minimum atomic E-state index is -3.54. The highest BCUT2D eigenvalue weighted by atomic mass is 79.9. The fraction of sp³-hybridized carbons (Fsp3) is 0.316. The maximum Gasteiger partial charge on any atom is 0.253 e. The second kappa shape index (κ2) is 7.50. The van der Waals surface area contributed by atoms with E-state index in [-0.39, 0.29) is 5.91 Å². The van der Waals surface area contributed by atoms with Gasteiger partial charge in [0.1, 0.15) is 0 Å². The highest BCUT2D eigenvalue weighted by molar-refractivity contribution is 9.10. The van der Waals surface area contributed by atoms with Crippen molar-refractivity contribution in [3.05, 3.63) is 63.6 Å². The molecule has 5 nitrogen and oxygen atoms in total. The van der Waals surface area contributed by atoms with Crippen LogP contribution in [0, 0.1) is 13.8 Å². The lowest BCUT2D eigenvalue weighted by Crippen LogP contribution is -2.50. The lowest BCUT2D eigenvalue weighted by molar-refractivity contribution is 0.0698. The Morgan fingerprint density at radius 3 is 2.31 bits per heavy atom. The summed E-state index contributed by atoms with van der Waals surface area (Å²) in [4.78, 5) is 14.7. The van der Waals surface area contributed by atoms with E-state index in [2.05, 4.69) is 15.9 Å². The average Bonchev–Trinajstić information content (AvgIpc) is 2.61. The highest BCUT2D eigenvalue weighted by Crippen LogP contribution is 2.23. The fourth-order valence-electron chi connectivity index (χ4n) is 3.16. The first kappa shape index (κ1) is 19.1. The number of halogens is 1. The first-order valence-corrected chi connectivity index (χ1v) is 10.6. The van der Waals surface area contributed by atoms with E-state index >= 15 is 0 Å². The van der Waals surface area contributed by atoms with E-state index in [1.807, 2.05) is 38.1 Å². The molecule has 138 valence electrons. The molecule has 7 heteroatoms. The molecule has 1 heterocycles. The van der Waals surface area contributed by atoms with Crippen LogP contribution < -0.4 is 0 Å². The summed E-state index contributed by atoms with van der Waals surface area (Å²) in [7, 11) is -3.54. The summed E-state index contributed by atoms with van der Waals surface area (Å²) in [6.07, 6.45) is 0. The second-order valence-corrected chi connectivity index (χ2v) is 9.30. The van der Waals surface area contributed by atoms with Crippen LogP contribution in [0.2, 0.25) is 0 Å². The Bertz CT molecular complexity index is 936. The van der Waals surface area contributed by atoms with E-state index in [4.69, 9.17) is 0 Å². The molecular weight excluding hydrogens is 416 g/mol. The van der Waals surface area contributed by atoms with Gasteiger partial charge in [0.05, 0.1) is 4.90 Å². The molecule has 0 N–H and O–H groups in total. The molecule has 1 amide bonds. The van der Waals surface area contributed by atoms with E-state index in [1.54, 1.807) is 23.1 Å². The van der Waals surface area contributed by atoms with Crippen molar-refractivity contribution in [1.29, 1.82) is 0 Å². The number of aryl methyl sites for hydroxylation is 2. The quantitative estimate of drug-likeness (QED) is 0.741. The summed E-state index contributed by atoms with van der Waals surface area (Å²) in [5.41, 5.74) is 2.38. The standard InChI is InChI=1S/C19H21BrN2O3S/c1-14-6-7-18(15(2)12-14)26(24,25)22-10-8-21(9-11-22)19(23)16-4-3-5-17(20)13-16/h3-7,12-13H,8-11H2,1-2H3. The van der Waals surface area contributed by atoms with Gasteiger partial charge in [0.2, 0.25) is 10.0 Å². The number of carbonyl (C=O) groups excluding carboxylic acids is 1. The summed E-state index contributed by atoms with van der Waals surface area (Å²) in [5.74, 6) is -0.0742. The topological polar surface area (TPSA) is 57.7 Å². The predicted molar refractivity (Wildman–Crippen MR) is 105 cm³/mol. The largest absolute Gasteiger partial charge is 0.336 e. The first-order chi connectivity index (χ1) is 12.3. The van der Waals surface area contributed by atoms with Gasteiger partial charge in [-0.3, -0.25) is 4.79 Å². The molecule has 0 spiro atoms. The molecule has 1 fully saturated rings.